The summed E-state index contributed by atoms with van der Waals surface area (Å²) in [6, 6.07) is 13.5. The molecule has 0 saturated carbocycles. The number of halogens is 1. The van der Waals surface area contributed by atoms with Gasteiger partial charge in [-0.2, -0.15) is 0 Å². The van der Waals surface area contributed by atoms with Gasteiger partial charge in [-0.3, -0.25) is 4.68 Å². The van der Waals surface area contributed by atoms with Gasteiger partial charge in [0.25, 0.3) is 0 Å². The average Bonchev–Trinajstić information content (AvgIpc) is 2.86. The quantitative estimate of drug-likeness (QED) is 0.731. The van der Waals surface area contributed by atoms with Crippen LogP contribution in [0.4, 0.5) is 4.39 Å². The third kappa shape index (κ3) is 2.66. The fraction of sp³-hybridized carbons (Fsp3) is 0.0667. The number of ether oxygens (including phenoxy) is 1. The average molecular weight is 269 g/mol. The Morgan fingerprint density at radius 2 is 1.80 bits per heavy atom. The molecule has 0 spiro atoms. The Labute approximate surface area is 115 Å². The highest BCUT2D eigenvalue weighted by Crippen LogP contribution is 2.26. The van der Waals surface area contributed by atoms with E-state index < -0.39 is 0 Å². The molecule has 4 nitrogen and oxygen atoms in total. The fourth-order valence-electron chi connectivity index (χ4n) is 1.87. The summed E-state index contributed by atoms with van der Waals surface area (Å²) in [6.07, 6.45) is 1.82. The van der Waals surface area contributed by atoms with Gasteiger partial charge in [0.2, 0.25) is 0 Å². The molecule has 100 valence electrons. The Hall–Kier alpha value is -2.69. The fourth-order valence-corrected chi connectivity index (χ4v) is 1.87. The highest BCUT2D eigenvalue weighted by atomic mass is 19.1. The molecular formula is C15H12FN3O. The molecule has 0 radical (unpaired) electrons. The van der Waals surface area contributed by atoms with E-state index in [0.29, 0.717) is 11.5 Å². The lowest BCUT2D eigenvalue weighted by Gasteiger charge is -2.06. The summed E-state index contributed by atoms with van der Waals surface area (Å²) >= 11 is 0. The van der Waals surface area contributed by atoms with Crippen LogP contribution in [0.2, 0.25) is 0 Å². The lowest BCUT2D eigenvalue weighted by atomic mass is 10.1. The van der Waals surface area contributed by atoms with E-state index in [4.69, 9.17) is 4.74 Å². The zero-order valence-corrected chi connectivity index (χ0v) is 10.8. The number of aromatic nitrogens is 3. The van der Waals surface area contributed by atoms with Gasteiger partial charge in [-0.15, -0.1) is 5.10 Å². The van der Waals surface area contributed by atoms with Crippen LogP contribution in [0, 0.1) is 5.82 Å². The molecule has 3 rings (SSSR count). The SMILES string of the molecule is Cn1cc(-c2cccc(Oc3cccc(F)c3)c2)nn1. The molecule has 0 aliphatic carbocycles. The van der Waals surface area contributed by atoms with Gasteiger partial charge in [-0.1, -0.05) is 23.4 Å². The van der Waals surface area contributed by atoms with Gasteiger partial charge in [0, 0.05) is 18.7 Å². The summed E-state index contributed by atoms with van der Waals surface area (Å²) in [7, 11) is 1.81. The number of nitrogens with zero attached hydrogens (tertiary/aromatic N) is 3. The van der Waals surface area contributed by atoms with Gasteiger partial charge in [0.05, 0.1) is 6.20 Å². The maximum atomic E-state index is 13.1. The van der Waals surface area contributed by atoms with Crippen LogP contribution in [-0.2, 0) is 7.05 Å². The Balaban J connectivity index is 1.88. The van der Waals surface area contributed by atoms with Crippen LogP contribution < -0.4 is 4.74 Å². The van der Waals surface area contributed by atoms with Crippen LogP contribution in [0.1, 0.15) is 0 Å². The predicted octanol–water partition coefficient (Wildman–Crippen LogP) is 3.41. The number of aryl methyl sites for hydroxylation is 1. The zero-order valence-electron chi connectivity index (χ0n) is 10.8. The van der Waals surface area contributed by atoms with Crippen molar-refractivity contribution in [1.82, 2.24) is 15.0 Å². The van der Waals surface area contributed by atoms with Crippen LogP contribution >= 0.6 is 0 Å². The lowest BCUT2D eigenvalue weighted by molar-refractivity contribution is 0.477. The first kappa shape index (κ1) is 12.3. The van der Waals surface area contributed by atoms with Crippen molar-refractivity contribution in [2.45, 2.75) is 0 Å². The smallest absolute Gasteiger partial charge is 0.130 e. The summed E-state index contributed by atoms with van der Waals surface area (Å²) in [5, 5.41) is 7.94. The zero-order chi connectivity index (χ0) is 13.9. The molecule has 0 N–H and O–H groups in total. The van der Waals surface area contributed by atoms with Gasteiger partial charge in [0.1, 0.15) is 23.0 Å². The van der Waals surface area contributed by atoms with Crippen molar-refractivity contribution < 1.29 is 9.13 Å². The standard InChI is InChI=1S/C15H12FN3O/c1-19-10-15(17-18-19)11-4-2-6-13(8-11)20-14-7-3-5-12(16)9-14/h2-10H,1H3. The number of hydrogen-bond acceptors (Lipinski definition) is 3. The van der Waals surface area contributed by atoms with Gasteiger partial charge in [-0.05, 0) is 24.3 Å². The summed E-state index contributed by atoms with van der Waals surface area (Å²) in [6.45, 7) is 0. The minimum atomic E-state index is -0.326. The molecule has 5 heteroatoms. The first-order chi connectivity index (χ1) is 9.70. The molecule has 0 aliphatic heterocycles. The van der Waals surface area contributed by atoms with Gasteiger partial charge in [0.15, 0.2) is 0 Å². The van der Waals surface area contributed by atoms with E-state index in [1.807, 2.05) is 37.5 Å². The Bertz CT molecular complexity index is 739. The maximum absolute atomic E-state index is 13.1. The molecule has 1 aromatic heterocycles. The first-order valence-electron chi connectivity index (χ1n) is 6.11. The monoisotopic (exact) mass is 269 g/mol. The summed E-state index contributed by atoms with van der Waals surface area (Å²) < 4.78 is 20.4. The topological polar surface area (TPSA) is 39.9 Å². The molecule has 0 saturated heterocycles. The Morgan fingerprint density at radius 3 is 2.50 bits per heavy atom. The van der Waals surface area contributed by atoms with Crippen LogP contribution in [-0.4, -0.2) is 15.0 Å². The lowest BCUT2D eigenvalue weighted by Crippen LogP contribution is -1.86. The summed E-state index contributed by atoms with van der Waals surface area (Å²) in [4.78, 5) is 0. The van der Waals surface area contributed by atoms with Crippen molar-refractivity contribution in [3.8, 4) is 22.8 Å². The molecule has 0 atom stereocenters. The second kappa shape index (κ2) is 5.13. The maximum Gasteiger partial charge on any atom is 0.130 e. The second-order valence-electron chi connectivity index (χ2n) is 4.36. The Morgan fingerprint density at radius 1 is 1.05 bits per heavy atom. The van der Waals surface area contributed by atoms with E-state index in [1.54, 1.807) is 16.8 Å². The normalized spacial score (nSPS) is 10.5. The molecule has 0 fully saturated rings. The van der Waals surface area contributed by atoms with E-state index in [0.717, 1.165) is 11.3 Å². The molecule has 0 amide bonds. The van der Waals surface area contributed by atoms with Crippen molar-refractivity contribution >= 4 is 0 Å². The minimum absolute atomic E-state index is 0.326. The number of rotatable bonds is 3. The third-order valence-corrected chi connectivity index (χ3v) is 2.76. The third-order valence-electron chi connectivity index (χ3n) is 2.76. The van der Waals surface area contributed by atoms with Gasteiger partial charge < -0.3 is 4.74 Å². The summed E-state index contributed by atoms with van der Waals surface area (Å²) in [5.74, 6) is 0.757. The predicted molar refractivity (Wildman–Crippen MR) is 72.9 cm³/mol. The molecule has 1 heterocycles. The molecule has 0 unspecified atom stereocenters. The largest absolute Gasteiger partial charge is 0.457 e. The van der Waals surface area contributed by atoms with E-state index in [2.05, 4.69) is 10.3 Å². The molecule has 3 aromatic rings. The van der Waals surface area contributed by atoms with E-state index >= 15 is 0 Å². The van der Waals surface area contributed by atoms with Crippen LogP contribution in [0.5, 0.6) is 11.5 Å². The highest BCUT2D eigenvalue weighted by molar-refractivity contribution is 5.60. The van der Waals surface area contributed by atoms with Crippen molar-refractivity contribution in [3.63, 3.8) is 0 Å². The van der Waals surface area contributed by atoms with Crippen molar-refractivity contribution in [3.05, 3.63) is 60.5 Å². The highest BCUT2D eigenvalue weighted by Gasteiger charge is 2.05. The molecular weight excluding hydrogens is 257 g/mol. The van der Waals surface area contributed by atoms with Crippen LogP contribution in [0.15, 0.2) is 54.7 Å². The molecule has 2 aromatic carbocycles. The molecule has 0 aliphatic rings. The summed E-state index contributed by atoms with van der Waals surface area (Å²) in [5.41, 5.74) is 1.66. The molecule has 20 heavy (non-hydrogen) atoms. The van der Waals surface area contributed by atoms with Crippen molar-refractivity contribution in [2.24, 2.45) is 7.05 Å². The number of benzene rings is 2. The minimum Gasteiger partial charge on any atom is -0.457 e. The number of hydrogen-bond donors (Lipinski definition) is 0. The Kier molecular flexibility index (Phi) is 3.16. The first-order valence-corrected chi connectivity index (χ1v) is 6.11. The van der Waals surface area contributed by atoms with Gasteiger partial charge in [-0.25, -0.2) is 4.39 Å². The van der Waals surface area contributed by atoms with E-state index in [1.165, 1.54) is 12.1 Å². The van der Waals surface area contributed by atoms with Crippen LogP contribution in [0.3, 0.4) is 0 Å². The van der Waals surface area contributed by atoms with E-state index in [9.17, 15) is 4.39 Å². The second-order valence-corrected chi connectivity index (χ2v) is 4.36. The molecule has 0 bridgehead atoms. The van der Waals surface area contributed by atoms with Crippen molar-refractivity contribution in [2.75, 3.05) is 0 Å². The van der Waals surface area contributed by atoms with Crippen LogP contribution in [0.25, 0.3) is 11.3 Å². The van der Waals surface area contributed by atoms with Crippen molar-refractivity contribution in [1.29, 1.82) is 0 Å². The van der Waals surface area contributed by atoms with E-state index in [-0.39, 0.29) is 5.82 Å². The van der Waals surface area contributed by atoms with Gasteiger partial charge >= 0.3 is 0 Å².